The minimum atomic E-state index is -0.278. The van der Waals surface area contributed by atoms with Crippen LogP contribution in [0.2, 0.25) is 0 Å². The summed E-state index contributed by atoms with van der Waals surface area (Å²) in [4.78, 5) is 21.7. The average Bonchev–Trinajstić information content (AvgIpc) is 2.83. The van der Waals surface area contributed by atoms with E-state index in [0.29, 0.717) is 35.0 Å². The Morgan fingerprint density at radius 3 is 2.75 bits per heavy atom. The SMILES string of the molecule is CN=C/C=C\C=C\CNc1nc(-c2cnccn2)nc2cc(-c3ccccc3F)ccc12. The molecule has 2 heterocycles. The van der Waals surface area contributed by atoms with Gasteiger partial charge in [-0.05, 0) is 29.8 Å². The number of allylic oxidation sites excluding steroid dienone is 3. The van der Waals surface area contributed by atoms with Gasteiger partial charge in [-0.15, -0.1) is 0 Å². The first-order valence-corrected chi connectivity index (χ1v) is 10.1. The van der Waals surface area contributed by atoms with E-state index < -0.39 is 0 Å². The van der Waals surface area contributed by atoms with Gasteiger partial charge < -0.3 is 5.32 Å². The molecule has 0 aliphatic rings. The molecule has 4 rings (SSSR count). The van der Waals surface area contributed by atoms with Crippen molar-refractivity contribution in [3.05, 3.63) is 91.2 Å². The Morgan fingerprint density at radius 1 is 1.03 bits per heavy atom. The Balaban J connectivity index is 1.73. The van der Waals surface area contributed by atoms with Crippen LogP contribution in [0.15, 0.2) is 90.4 Å². The molecule has 0 aliphatic heterocycles. The molecule has 0 atom stereocenters. The molecule has 6 nitrogen and oxygen atoms in total. The van der Waals surface area contributed by atoms with Crippen LogP contribution in [-0.2, 0) is 0 Å². The van der Waals surface area contributed by atoms with Crippen molar-refractivity contribution in [2.45, 2.75) is 0 Å². The molecule has 4 aromatic rings. The van der Waals surface area contributed by atoms with Crippen molar-refractivity contribution in [1.29, 1.82) is 0 Å². The summed E-state index contributed by atoms with van der Waals surface area (Å²) < 4.78 is 14.3. The van der Waals surface area contributed by atoms with Crippen molar-refractivity contribution in [3.8, 4) is 22.6 Å². The number of nitrogens with one attached hydrogen (secondary N) is 1. The highest BCUT2D eigenvalue weighted by molar-refractivity contribution is 5.93. The fourth-order valence-electron chi connectivity index (χ4n) is 3.16. The van der Waals surface area contributed by atoms with Crippen molar-refractivity contribution >= 4 is 22.9 Å². The standard InChI is InChI=1S/C25H21FN6/c1-27-12-6-2-3-7-13-30-24-20-11-10-18(19-8-4-5-9-21(19)26)16-22(20)31-25(32-24)23-17-28-14-15-29-23/h2-12,14-17H,13H2,1H3,(H,30,31,32)/b6-2-,7-3+,27-12?. The highest BCUT2D eigenvalue weighted by Crippen LogP contribution is 2.29. The van der Waals surface area contributed by atoms with Crippen molar-refractivity contribution < 1.29 is 4.39 Å². The lowest BCUT2D eigenvalue weighted by molar-refractivity contribution is 0.631. The summed E-state index contributed by atoms with van der Waals surface area (Å²) in [6.45, 7) is 0.564. The van der Waals surface area contributed by atoms with Crippen LogP contribution in [0.3, 0.4) is 0 Å². The predicted octanol–water partition coefficient (Wildman–Crippen LogP) is 5.12. The van der Waals surface area contributed by atoms with Crippen LogP contribution < -0.4 is 5.32 Å². The smallest absolute Gasteiger partial charge is 0.182 e. The molecule has 0 unspecified atom stereocenters. The number of fused-ring (bicyclic) bond motifs is 1. The molecule has 2 aromatic carbocycles. The quantitative estimate of drug-likeness (QED) is 0.329. The van der Waals surface area contributed by atoms with Crippen molar-refractivity contribution in [2.24, 2.45) is 4.99 Å². The molecule has 0 saturated heterocycles. The van der Waals surface area contributed by atoms with Crippen LogP contribution in [0.25, 0.3) is 33.5 Å². The van der Waals surface area contributed by atoms with Gasteiger partial charge in [-0.2, -0.15) is 0 Å². The summed E-state index contributed by atoms with van der Waals surface area (Å²) in [7, 11) is 1.72. The Bertz CT molecular complexity index is 1300. The van der Waals surface area contributed by atoms with Gasteiger partial charge in [-0.3, -0.25) is 9.98 Å². The summed E-state index contributed by atoms with van der Waals surface area (Å²) in [5.74, 6) is 0.834. The first-order chi connectivity index (χ1) is 15.8. The Morgan fingerprint density at radius 2 is 1.94 bits per heavy atom. The largest absolute Gasteiger partial charge is 0.366 e. The fourth-order valence-corrected chi connectivity index (χ4v) is 3.16. The zero-order valence-corrected chi connectivity index (χ0v) is 17.5. The first kappa shape index (κ1) is 21.0. The number of nitrogens with zero attached hydrogens (tertiary/aromatic N) is 5. The molecule has 32 heavy (non-hydrogen) atoms. The average molecular weight is 424 g/mol. The lowest BCUT2D eigenvalue weighted by Gasteiger charge is -2.11. The van der Waals surface area contributed by atoms with E-state index in [9.17, 15) is 4.39 Å². The molecule has 0 aliphatic carbocycles. The second-order valence-corrected chi connectivity index (χ2v) is 6.80. The molecule has 0 spiro atoms. The molecule has 1 N–H and O–H groups in total. The summed E-state index contributed by atoms with van der Waals surface area (Å²) in [6.07, 6.45) is 14.2. The number of anilines is 1. The van der Waals surface area contributed by atoms with E-state index in [1.165, 1.54) is 6.07 Å². The number of aliphatic imine (C=N–C) groups is 1. The van der Waals surface area contributed by atoms with E-state index >= 15 is 0 Å². The third kappa shape index (κ3) is 4.89. The predicted molar refractivity (Wildman–Crippen MR) is 127 cm³/mol. The van der Waals surface area contributed by atoms with E-state index in [1.54, 1.807) is 44.0 Å². The maximum absolute atomic E-state index is 14.3. The molecule has 0 saturated carbocycles. The van der Waals surface area contributed by atoms with Crippen LogP contribution in [0.1, 0.15) is 0 Å². The molecule has 0 bridgehead atoms. The van der Waals surface area contributed by atoms with Gasteiger partial charge >= 0.3 is 0 Å². The number of halogens is 1. The maximum Gasteiger partial charge on any atom is 0.182 e. The molecular formula is C25H21FN6. The van der Waals surface area contributed by atoms with Crippen LogP contribution in [0.4, 0.5) is 10.2 Å². The van der Waals surface area contributed by atoms with Gasteiger partial charge in [0.2, 0.25) is 0 Å². The third-order valence-corrected chi connectivity index (χ3v) is 4.65. The Labute approximate surface area is 185 Å². The molecule has 0 radical (unpaired) electrons. The number of hydrogen-bond acceptors (Lipinski definition) is 6. The fraction of sp³-hybridized carbons (Fsp3) is 0.0800. The van der Waals surface area contributed by atoms with E-state index in [4.69, 9.17) is 0 Å². The molecule has 7 heteroatoms. The lowest BCUT2D eigenvalue weighted by Crippen LogP contribution is -2.04. The summed E-state index contributed by atoms with van der Waals surface area (Å²) in [5.41, 5.74) is 2.51. The van der Waals surface area contributed by atoms with E-state index in [0.717, 1.165) is 10.9 Å². The number of benzene rings is 2. The minimum absolute atomic E-state index is 0.278. The second-order valence-electron chi connectivity index (χ2n) is 6.80. The zero-order valence-electron chi connectivity index (χ0n) is 17.5. The van der Waals surface area contributed by atoms with Crippen molar-refractivity contribution in [3.63, 3.8) is 0 Å². The van der Waals surface area contributed by atoms with Crippen LogP contribution in [0.5, 0.6) is 0 Å². The van der Waals surface area contributed by atoms with Gasteiger partial charge in [0.05, 0.1) is 11.7 Å². The second kappa shape index (κ2) is 10.2. The molecule has 2 aromatic heterocycles. The molecule has 158 valence electrons. The van der Waals surface area contributed by atoms with Gasteiger partial charge in [0.1, 0.15) is 17.3 Å². The zero-order chi connectivity index (χ0) is 22.2. The highest BCUT2D eigenvalue weighted by Gasteiger charge is 2.12. The molecule has 0 amide bonds. The summed E-state index contributed by atoms with van der Waals surface area (Å²) >= 11 is 0. The lowest BCUT2D eigenvalue weighted by atomic mass is 10.0. The normalized spacial score (nSPS) is 11.8. The van der Waals surface area contributed by atoms with Gasteiger partial charge in [0.25, 0.3) is 0 Å². The summed E-state index contributed by atoms with van der Waals surface area (Å²) in [6, 6.07) is 12.3. The van der Waals surface area contributed by atoms with Gasteiger partial charge in [-0.1, -0.05) is 42.5 Å². The van der Waals surface area contributed by atoms with E-state index in [-0.39, 0.29) is 5.82 Å². The number of rotatable bonds is 7. The number of aromatic nitrogens is 4. The monoisotopic (exact) mass is 424 g/mol. The van der Waals surface area contributed by atoms with Crippen molar-refractivity contribution in [1.82, 2.24) is 19.9 Å². The minimum Gasteiger partial charge on any atom is -0.366 e. The van der Waals surface area contributed by atoms with E-state index in [2.05, 4.69) is 30.2 Å². The Kier molecular flexibility index (Phi) is 6.67. The van der Waals surface area contributed by atoms with Crippen LogP contribution in [0, 0.1) is 5.82 Å². The molecule has 0 fully saturated rings. The van der Waals surface area contributed by atoms with Crippen LogP contribution >= 0.6 is 0 Å². The third-order valence-electron chi connectivity index (χ3n) is 4.65. The first-order valence-electron chi connectivity index (χ1n) is 10.1. The van der Waals surface area contributed by atoms with Gasteiger partial charge in [0, 0.05) is 43.2 Å². The summed E-state index contributed by atoms with van der Waals surface area (Å²) in [5, 5.41) is 4.16. The van der Waals surface area contributed by atoms with Crippen LogP contribution in [-0.4, -0.2) is 39.7 Å². The molecular weight excluding hydrogens is 403 g/mol. The van der Waals surface area contributed by atoms with E-state index in [1.807, 2.05) is 48.6 Å². The van der Waals surface area contributed by atoms with Gasteiger partial charge in [-0.25, -0.2) is 19.3 Å². The Hall–Kier alpha value is -4.26. The number of hydrogen-bond donors (Lipinski definition) is 1. The van der Waals surface area contributed by atoms with Crippen molar-refractivity contribution in [2.75, 3.05) is 18.9 Å². The maximum atomic E-state index is 14.3. The topological polar surface area (TPSA) is 76.0 Å². The van der Waals surface area contributed by atoms with Gasteiger partial charge in [0.15, 0.2) is 5.82 Å². The highest BCUT2D eigenvalue weighted by atomic mass is 19.1.